The van der Waals surface area contributed by atoms with Gasteiger partial charge < -0.3 is 15.1 Å². The molecular formula is C16H19N7S. The van der Waals surface area contributed by atoms with Gasteiger partial charge >= 0.3 is 0 Å². The van der Waals surface area contributed by atoms with Crippen LogP contribution in [0.3, 0.4) is 0 Å². The summed E-state index contributed by atoms with van der Waals surface area (Å²) < 4.78 is 1.17. The fourth-order valence-corrected chi connectivity index (χ4v) is 3.78. The van der Waals surface area contributed by atoms with E-state index in [1.807, 2.05) is 25.3 Å². The van der Waals surface area contributed by atoms with Gasteiger partial charge in [0.25, 0.3) is 0 Å². The van der Waals surface area contributed by atoms with E-state index < -0.39 is 0 Å². The van der Waals surface area contributed by atoms with E-state index in [2.05, 4.69) is 40.4 Å². The van der Waals surface area contributed by atoms with Crippen LogP contribution in [0.5, 0.6) is 0 Å². The molecule has 0 aliphatic carbocycles. The summed E-state index contributed by atoms with van der Waals surface area (Å²) in [6.07, 6.45) is 3.47. The normalized spacial score (nSPS) is 15.0. The lowest BCUT2D eigenvalue weighted by molar-refractivity contribution is 0.643. The lowest BCUT2D eigenvalue weighted by atomic mass is 10.3. The smallest absolute Gasteiger partial charge is 0.224 e. The number of piperazine rings is 1. The SMILES string of the molecule is CCNc1nccc(N2CCN(c3ncnc4ccsc34)CC2)n1. The topological polar surface area (TPSA) is 70.1 Å². The van der Waals surface area contributed by atoms with Gasteiger partial charge in [-0.1, -0.05) is 0 Å². The van der Waals surface area contributed by atoms with Gasteiger partial charge in [-0.3, -0.25) is 0 Å². The molecule has 1 saturated heterocycles. The molecule has 124 valence electrons. The van der Waals surface area contributed by atoms with E-state index in [4.69, 9.17) is 0 Å². The van der Waals surface area contributed by atoms with Crippen LogP contribution >= 0.6 is 11.3 Å². The predicted molar refractivity (Wildman–Crippen MR) is 98.0 cm³/mol. The van der Waals surface area contributed by atoms with E-state index in [1.165, 1.54) is 4.70 Å². The number of thiophene rings is 1. The fraction of sp³-hybridized carbons (Fsp3) is 0.375. The zero-order chi connectivity index (χ0) is 16.4. The first-order chi connectivity index (χ1) is 11.8. The van der Waals surface area contributed by atoms with Gasteiger partial charge in [-0.2, -0.15) is 4.98 Å². The summed E-state index contributed by atoms with van der Waals surface area (Å²) in [5, 5.41) is 5.24. The van der Waals surface area contributed by atoms with Crippen LogP contribution in [0.4, 0.5) is 17.6 Å². The quantitative estimate of drug-likeness (QED) is 0.780. The standard InChI is InChI=1S/C16H19N7S/c1-2-17-16-18-5-3-13(21-16)22-6-8-23(9-7-22)15-14-12(4-10-24-14)19-11-20-15/h3-5,10-11H,2,6-9H2,1H3,(H,17,18,21). The zero-order valence-corrected chi connectivity index (χ0v) is 14.3. The highest BCUT2D eigenvalue weighted by Gasteiger charge is 2.21. The molecular weight excluding hydrogens is 322 g/mol. The van der Waals surface area contributed by atoms with Crippen LogP contribution in [-0.2, 0) is 0 Å². The maximum Gasteiger partial charge on any atom is 0.224 e. The minimum Gasteiger partial charge on any atom is -0.354 e. The molecule has 8 heteroatoms. The molecule has 0 radical (unpaired) electrons. The van der Waals surface area contributed by atoms with Gasteiger partial charge in [-0.25, -0.2) is 15.0 Å². The molecule has 0 saturated carbocycles. The summed E-state index contributed by atoms with van der Waals surface area (Å²) in [5.41, 5.74) is 1.03. The Morgan fingerprint density at radius 3 is 2.75 bits per heavy atom. The minimum atomic E-state index is 0.688. The molecule has 3 aromatic heterocycles. The Labute approximate surface area is 144 Å². The van der Waals surface area contributed by atoms with Crippen molar-refractivity contribution in [3.05, 3.63) is 30.0 Å². The van der Waals surface area contributed by atoms with Gasteiger partial charge in [0.15, 0.2) is 0 Å². The molecule has 4 heterocycles. The molecule has 3 aromatic rings. The highest BCUT2D eigenvalue weighted by molar-refractivity contribution is 7.17. The van der Waals surface area contributed by atoms with Gasteiger partial charge in [-0.05, 0) is 24.4 Å². The Balaban J connectivity index is 1.49. The van der Waals surface area contributed by atoms with Crippen molar-refractivity contribution < 1.29 is 0 Å². The third-order valence-electron chi connectivity index (χ3n) is 4.10. The third-order valence-corrected chi connectivity index (χ3v) is 5.00. The lowest BCUT2D eigenvalue weighted by Crippen LogP contribution is -2.47. The largest absolute Gasteiger partial charge is 0.354 e. The number of fused-ring (bicyclic) bond motifs is 1. The molecule has 0 bridgehead atoms. The van der Waals surface area contributed by atoms with Crippen molar-refractivity contribution >= 4 is 39.1 Å². The van der Waals surface area contributed by atoms with Gasteiger partial charge in [0.1, 0.15) is 18.0 Å². The molecule has 4 rings (SSSR count). The maximum absolute atomic E-state index is 4.59. The van der Waals surface area contributed by atoms with Crippen LogP contribution in [0.2, 0.25) is 0 Å². The number of nitrogens with one attached hydrogen (secondary N) is 1. The zero-order valence-electron chi connectivity index (χ0n) is 13.5. The fourth-order valence-electron chi connectivity index (χ4n) is 2.92. The number of nitrogens with zero attached hydrogens (tertiary/aromatic N) is 6. The first-order valence-corrected chi connectivity index (χ1v) is 8.98. The van der Waals surface area contributed by atoms with Gasteiger partial charge in [-0.15, -0.1) is 11.3 Å². The molecule has 0 amide bonds. The Hall–Kier alpha value is -2.48. The van der Waals surface area contributed by atoms with E-state index >= 15 is 0 Å². The Bertz CT molecular complexity index is 826. The van der Waals surface area contributed by atoms with Crippen molar-refractivity contribution in [2.45, 2.75) is 6.92 Å². The summed E-state index contributed by atoms with van der Waals surface area (Å²) in [4.78, 5) is 22.3. The second kappa shape index (κ2) is 6.56. The van der Waals surface area contributed by atoms with Crippen molar-refractivity contribution in [3.63, 3.8) is 0 Å². The van der Waals surface area contributed by atoms with Crippen LogP contribution in [-0.4, -0.2) is 52.7 Å². The molecule has 1 aliphatic rings. The van der Waals surface area contributed by atoms with Gasteiger partial charge in [0.05, 0.1) is 10.2 Å². The number of anilines is 3. The first kappa shape index (κ1) is 15.1. The molecule has 0 aromatic carbocycles. The van der Waals surface area contributed by atoms with Crippen molar-refractivity contribution in [2.75, 3.05) is 47.8 Å². The summed E-state index contributed by atoms with van der Waals surface area (Å²) in [7, 11) is 0. The van der Waals surface area contributed by atoms with Crippen LogP contribution in [0.15, 0.2) is 30.0 Å². The van der Waals surface area contributed by atoms with Gasteiger partial charge in [0.2, 0.25) is 5.95 Å². The second-order valence-corrected chi connectivity index (χ2v) is 6.49. The van der Waals surface area contributed by atoms with Crippen molar-refractivity contribution in [3.8, 4) is 0 Å². The average molecular weight is 341 g/mol. The third kappa shape index (κ3) is 2.84. The number of hydrogen-bond acceptors (Lipinski definition) is 8. The van der Waals surface area contributed by atoms with Crippen molar-refractivity contribution in [1.29, 1.82) is 0 Å². The van der Waals surface area contributed by atoms with Crippen molar-refractivity contribution in [2.24, 2.45) is 0 Å². The predicted octanol–water partition coefficient (Wildman–Crippen LogP) is 2.24. The summed E-state index contributed by atoms with van der Waals surface area (Å²) in [6, 6.07) is 4.02. The summed E-state index contributed by atoms with van der Waals surface area (Å²) in [5.74, 6) is 2.71. The van der Waals surface area contributed by atoms with E-state index in [1.54, 1.807) is 17.7 Å². The molecule has 1 N–H and O–H groups in total. The molecule has 0 atom stereocenters. The lowest BCUT2D eigenvalue weighted by Gasteiger charge is -2.36. The second-order valence-electron chi connectivity index (χ2n) is 5.58. The Morgan fingerprint density at radius 2 is 1.92 bits per heavy atom. The molecule has 1 aliphatic heterocycles. The van der Waals surface area contributed by atoms with E-state index in [9.17, 15) is 0 Å². The monoisotopic (exact) mass is 341 g/mol. The van der Waals surface area contributed by atoms with Crippen LogP contribution in [0, 0.1) is 0 Å². The van der Waals surface area contributed by atoms with Crippen LogP contribution < -0.4 is 15.1 Å². The van der Waals surface area contributed by atoms with Crippen molar-refractivity contribution in [1.82, 2.24) is 19.9 Å². The Kier molecular flexibility index (Phi) is 4.12. The summed E-state index contributed by atoms with van der Waals surface area (Å²) in [6.45, 7) is 6.54. The van der Waals surface area contributed by atoms with E-state index in [0.29, 0.717) is 5.95 Å². The molecule has 0 unspecified atom stereocenters. The van der Waals surface area contributed by atoms with E-state index in [0.717, 1.165) is 49.9 Å². The average Bonchev–Trinajstić information content (AvgIpc) is 3.11. The molecule has 1 fully saturated rings. The van der Waals surface area contributed by atoms with Gasteiger partial charge in [0, 0.05) is 38.9 Å². The molecule has 0 spiro atoms. The number of hydrogen-bond donors (Lipinski definition) is 1. The number of rotatable bonds is 4. The molecule has 7 nitrogen and oxygen atoms in total. The minimum absolute atomic E-state index is 0.688. The van der Waals surface area contributed by atoms with Crippen LogP contribution in [0.1, 0.15) is 6.92 Å². The first-order valence-electron chi connectivity index (χ1n) is 8.10. The number of aromatic nitrogens is 4. The highest BCUT2D eigenvalue weighted by Crippen LogP contribution is 2.28. The molecule has 24 heavy (non-hydrogen) atoms. The Morgan fingerprint density at radius 1 is 1.08 bits per heavy atom. The van der Waals surface area contributed by atoms with E-state index in [-0.39, 0.29) is 0 Å². The summed E-state index contributed by atoms with van der Waals surface area (Å²) >= 11 is 1.70. The maximum atomic E-state index is 4.59. The highest BCUT2D eigenvalue weighted by atomic mass is 32.1. The van der Waals surface area contributed by atoms with Crippen LogP contribution in [0.25, 0.3) is 10.2 Å².